The van der Waals surface area contributed by atoms with Crippen molar-refractivity contribution in [2.24, 2.45) is 0 Å². The van der Waals surface area contributed by atoms with Gasteiger partial charge in [0, 0.05) is 50.7 Å². The van der Waals surface area contributed by atoms with Crippen LogP contribution in [-0.2, 0) is 0 Å². The molecule has 0 amide bonds. The molecule has 1 aromatic carbocycles. The van der Waals surface area contributed by atoms with Crippen molar-refractivity contribution in [1.29, 1.82) is 0 Å². The lowest BCUT2D eigenvalue weighted by atomic mass is 9.97. The van der Waals surface area contributed by atoms with Gasteiger partial charge < -0.3 is 19.7 Å². The van der Waals surface area contributed by atoms with E-state index in [1.165, 1.54) is 10.4 Å². The van der Waals surface area contributed by atoms with Crippen LogP contribution in [0.2, 0.25) is 0 Å². The second-order valence-electron chi connectivity index (χ2n) is 9.06. The van der Waals surface area contributed by atoms with Crippen LogP contribution in [0.5, 0.6) is 0 Å². The molecule has 1 aliphatic heterocycles. The van der Waals surface area contributed by atoms with Gasteiger partial charge in [-0.15, -0.1) is 11.3 Å². The fourth-order valence-electron chi connectivity index (χ4n) is 4.62. The maximum Gasteiger partial charge on any atom is 0.184 e. The van der Waals surface area contributed by atoms with E-state index in [1.54, 1.807) is 11.3 Å². The minimum Gasteiger partial charge on any atom is -0.378 e. The van der Waals surface area contributed by atoms with Gasteiger partial charge in [-0.1, -0.05) is 6.07 Å². The Balaban J connectivity index is 1.36. The van der Waals surface area contributed by atoms with Crippen LogP contribution in [0.3, 0.4) is 0 Å². The number of aliphatic hydroxyl groups excluding tert-OH is 1. The third-order valence-electron chi connectivity index (χ3n) is 6.38. The van der Waals surface area contributed by atoms with Crippen molar-refractivity contribution in [1.82, 2.24) is 14.3 Å². The zero-order valence-corrected chi connectivity index (χ0v) is 20.2. The molecule has 3 aromatic heterocycles. The Hall–Kier alpha value is -2.87. The zero-order valence-electron chi connectivity index (χ0n) is 19.4. The van der Waals surface area contributed by atoms with E-state index in [0.717, 1.165) is 54.3 Å². The highest BCUT2D eigenvalue weighted by Crippen LogP contribution is 2.35. The van der Waals surface area contributed by atoms with Crippen LogP contribution in [0.15, 0.2) is 60.1 Å². The lowest BCUT2D eigenvalue weighted by molar-refractivity contribution is 0.00699. The predicted molar refractivity (Wildman–Crippen MR) is 137 cm³/mol. The normalized spacial score (nSPS) is 17.9. The van der Waals surface area contributed by atoms with Crippen molar-refractivity contribution in [2.45, 2.75) is 32.0 Å². The standard InChI is InChI=1S/C26H31N5OS/c1-18-15-23(33-17-18)24-22-8-4-5-14-31(22)25(28-24)19-7-6-13-30(16-19)26(32)27-20-9-11-21(12-10-20)29(2)3/h4-5,8-12,14-15,17,19,26-27,32H,6-7,13,16H2,1-3H3/t19-,26?/m1/s1. The summed E-state index contributed by atoms with van der Waals surface area (Å²) in [7, 11) is 4.05. The minimum absolute atomic E-state index is 0.260. The first-order valence-corrected chi connectivity index (χ1v) is 12.4. The Labute approximate surface area is 199 Å². The van der Waals surface area contributed by atoms with Gasteiger partial charge in [-0.25, -0.2) is 4.98 Å². The number of thiophene rings is 1. The number of benzene rings is 1. The first-order chi connectivity index (χ1) is 16.0. The largest absolute Gasteiger partial charge is 0.378 e. The molecule has 0 aliphatic carbocycles. The number of nitrogens with one attached hydrogen (secondary N) is 1. The first-order valence-electron chi connectivity index (χ1n) is 11.5. The third-order valence-corrected chi connectivity index (χ3v) is 7.44. The lowest BCUT2D eigenvalue weighted by Gasteiger charge is -2.35. The van der Waals surface area contributed by atoms with Gasteiger partial charge in [0.15, 0.2) is 6.35 Å². The molecule has 2 N–H and O–H groups in total. The summed E-state index contributed by atoms with van der Waals surface area (Å²) >= 11 is 1.75. The number of anilines is 2. The molecule has 5 rings (SSSR count). The maximum atomic E-state index is 10.9. The van der Waals surface area contributed by atoms with E-state index in [-0.39, 0.29) is 5.92 Å². The smallest absolute Gasteiger partial charge is 0.184 e. The molecule has 4 heterocycles. The van der Waals surface area contributed by atoms with E-state index >= 15 is 0 Å². The summed E-state index contributed by atoms with van der Waals surface area (Å²) in [6.07, 6.45) is 3.47. The number of pyridine rings is 1. The van der Waals surface area contributed by atoms with E-state index in [2.05, 4.69) is 74.4 Å². The van der Waals surface area contributed by atoms with E-state index in [1.807, 2.05) is 26.2 Å². The first kappa shape index (κ1) is 21.9. The fraction of sp³-hybridized carbons (Fsp3) is 0.346. The van der Waals surface area contributed by atoms with Crippen LogP contribution in [0, 0.1) is 6.92 Å². The van der Waals surface area contributed by atoms with Crippen LogP contribution >= 0.6 is 11.3 Å². The van der Waals surface area contributed by atoms with Crippen LogP contribution in [-0.4, -0.2) is 52.9 Å². The number of fused-ring (bicyclic) bond motifs is 1. The number of nitrogens with zero attached hydrogens (tertiary/aromatic N) is 4. The lowest BCUT2D eigenvalue weighted by Crippen LogP contribution is -2.46. The summed E-state index contributed by atoms with van der Waals surface area (Å²) < 4.78 is 2.23. The van der Waals surface area contributed by atoms with Crippen molar-refractivity contribution in [2.75, 3.05) is 37.4 Å². The van der Waals surface area contributed by atoms with E-state index < -0.39 is 6.35 Å². The quantitative estimate of drug-likeness (QED) is 0.396. The monoisotopic (exact) mass is 461 g/mol. The number of aliphatic hydroxyl groups is 1. The second kappa shape index (κ2) is 9.17. The van der Waals surface area contributed by atoms with Crippen molar-refractivity contribution in [3.8, 4) is 10.6 Å². The van der Waals surface area contributed by atoms with Crippen molar-refractivity contribution in [3.05, 3.63) is 71.5 Å². The fourth-order valence-corrected chi connectivity index (χ4v) is 5.52. The number of imidazole rings is 1. The molecule has 4 aromatic rings. The van der Waals surface area contributed by atoms with Crippen LogP contribution < -0.4 is 10.2 Å². The van der Waals surface area contributed by atoms with Gasteiger partial charge >= 0.3 is 0 Å². The Kier molecular flexibility index (Phi) is 6.10. The number of aryl methyl sites for hydroxylation is 1. The summed E-state index contributed by atoms with van der Waals surface area (Å²) in [6.45, 7) is 3.75. The van der Waals surface area contributed by atoms with Gasteiger partial charge in [-0.05, 0) is 73.2 Å². The topological polar surface area (TPSA) is 56.0 Å². The molecule has 7 heteroatoms. The number of piperidine rings is 1. The van der Waals surface area contributed by atoms with E-state index in [0.29, 0.717) is 0 Å². The number of likely N-dealkylation sites (tertiary alicyclic amines) is 1. The Bertz CT molecular complexity index is 1230. The van der Waals surface area contributed by atoms with Gasteiger partial charge in [0.25, 0.3) is 0 Å². The molecule has 1 unspecified atom stereocenters. The molecule has 0 saturated carbocycles. The molecule has 1 aliphatic rings. The van der Waals surface area contributed by atoms with Crippen molar-refractivity contribution >= 4 is 28.2 Å². The number of hydrogen-bond acceptors (Lipinski definition) is 6. The molecule has 0 spiro atoms. The molecular weight excluding hydrogens is 430 g/mol. The summed E-state index contributed by atoms with van der Waals surface area (Å²) in [4.78, 5) is 10.5. The average molecular weight is 462 g/mol. The van der Waals surface area contributed by atoms with Crippen molar-refractivity contribution < 1.29 is 5.11 Å². The zero-order chi connectivity index (χ0) is 22.9. The van der Waals surface area contributed by atoms with Gasteiger partial charge in [0.1, 0.15) is 11.5 Å². The van der Waals surface area contributed by atoms with Gasteiger partial charge in [-0.2, -0.15) is 0 Å². The molecule has 1 fully saturated rings. The van der Waals surface area contributed by atoms with Crippen LogP contribution in [0.25, 0.3) is 16.1 Å². The Morgan fingerprint density at radius 2 is 2.00 bits per heavy atom. The molecule has 6 nitrogen and oxygen atoms in total. The molecule has 0 radical (unpaired) electrons. The van der Waals surface area contributed by atoms with Crippen LogP contribution in [0.1, 0.15) is 30.1 Å². The van der Waals surface area contributed by atoms with E-state index in [4.69, 9.17) is 4.98 Å². The van der Waals surface area contributed by atoms with Gasteiger partial charge in [0.05, 0.1) is 10.4 Å². The van der Waals surface area contributed by atoms with Gasteiger partial charge in [0.2, 0.25) is 0 Å². The number of hydrogen-bond donors (Lipinski definition) is 2. The second-order valence-corrected chi connectivity index (χ2v) is 9.97. The molecule has 172 valence electrons. The average Bonchev–Trinajstić information content (AvgIpc) is 3.43. The molecular formula is C26H31N5OS. The molecule has 1 saturated heterocycles. The molecule has 0 bridgehead atoms. The van der Waals surface area contributed by atoms with Gasteiger partial charge in [-0.3, -0.25) is 4.90 Å². The van der Waals surface area contributed by atoms with Crippen molar-refractivity contribution in [3.63, 3.8) is 0 Å². The summed E-state index contributed by atoms with van der Waals surface area (Å²) in [5, 5.41) is 16.4. The SMILES string of the molecule is Cc1csc(-c2nc([C@@H]3CCCN(C(O)Nc4ccc(N(C)C)cc4)C3)n3ccccc23)c1. The summed E-state index contributed by atoms with van der Waals surface area (Å²) in [5.74, 6) is 1.34. The number of rotatable bonds is 6. The Morgan fingerprint density at radius 1 is 1.18 bits per heavy atom. The third kappa shape index (κ3) is 4.49. The number of aromatic nitrogens is 2. The highest BCUT2D eigenvalue weighted by molar-refractivity contribution is 7.13. The van der Waals surface area contributed by atoms with E-state index in [9.17, 15) is 5.11 Å². The predicted octanol–water partition coefficient (Wildman–Crippen LogP) is 5.00. The Morgan fingerprint density at radius 3 is 2.73 bits per heavy atom. The minimum atomic E-state index is -0.733. The summed E-state index contributed by atoms with van der Waals surface area (Å²) in [6, 6.07) is 16.6. The highest BCUT2D eigenvalue weighted by Gasteiger charge is 2.29. The van der Waals surface area contributed by atoms with Crippen LogP contribution in [0.4, 0.5) is 11.4 Å². The maximum absolute atomic E-state index is 10.9. The molecule has 2 atom stereocenters. The summed E-state index contributed by atoms with van der Waals surface area (Å²) in [5.41, 5.74) is 5.52. The highest BCUT2D eigenvalue weighted by atomic mass is 32.1. The molecule has 33 heavy (non-hydrogen) atoms.